The molecule has 0 fully saturated rings. The van der Waals surface area contributed by atoms with Crippen molar-refractivity contribution in [1.82, 2.24) is 15.6 Å². The van der Waals surface area contributed by atoms with Gasteiger partial charge in [-0.1, -0.05) is 29.8 Å². The molecule has 0 aliphatic heterocycles. The zero-order valence-electron chi connectivity index (χ0n) is 8.44. The van der Waals surface area contributed by atoms with Gasteiger partial charge in [0.25, 0.3) is 0 Å². The van der Waals surface area contributed by atoms with Gasteiger partial charge in [-0.2, -0.15) is 5.10 Å². The van der Waals surface area contributed by atoms with E-state index in [-0.39, 0.29) is 6.04 Å². The molecule has 0 aliphatic rings. The Labute approximate surface area is 97.8 Å². The minimum atomic E-state index is -0.271. The van der Waals surface area contributed by atoms with Gasteiger partial charge in [0.1, 0.15) is 5.82 Å². The van der Waals surface area contributed by atoms with Crippen LogP contribution < -0.4 is 17.0 Å². The van der Waals surface area contributed by atoms with Crippen molar-refractivity contribution in [2.75, 3.05) is 5.73 Å². The number of benzene rings is 1. The average Bonchev–Trinajstić information content (AvgIpc) is 2.69. The predicted molar refractivity (Wildman–Crippen MR) is 63.6 cm³/mol. The smallest absolute Gasteiger partial charge is 0.124 e. The number of hydrogen-bond donors (Lipinski definition) is 4. The molecular weight excluding hydrogens is 226 g/mol. The van der Waals surface area contributed by atoms with Crippen molar-refractivity contribution in [3.63, 3.8) is 0 Å². The van der Waals surface area contributed by atoms with Gasteiger partial charge < -0.3 is 5.73 Å². The molecule has 0 bridgehead atoms. The Morgan fingerprint density at radius 1 is 1.31 bits per heavy atom. The first kappa shape index (κ1) is 10.9. The number of nitrogens with two attached hydrogens (primary N) is 2. The number of anilines is 1. The SMILES string of the molecule is NNC(c1ccccc1Cl)c1cn[nH]c1N. The highest BCUT2D eigenvalue weighted by molar-refractivity contribution is 6.31. The monoisotopic (exact) mass is 237 g/mol. The van der Waals surface area contributed by atoms with E-state index in [4.69, 9.17) is 23.2 Å². The van der Waals surface area contributed by atoms with Gasteiger partial charge in [0.15, 0.2) is 0 Å². The van der Waals surface area contributed by atoms with E-state index >= 15 is 0 Å². The van der Waals surface area contributed by atoms with Gasteiger partial charge in [-0.05, 0) is 11.6 Å². The molecular formula is C10H12ClN5. The summed E-state index contributed by atoms with van der Waals surface area (Å²) < 4.78 is 0. The van der Waals surface area contributed by atoms with Gasteiger partial charge in [0.05, 0.1) is 12.2 Å². The van der Waals surface area contributed by atoms with Gasteiger partial charge >= 0.3 is 0 Å². The molecule has 6 heteroatoms. The molecule has 1 atom stereocenters. The number of aromatic amines is 1. The summed E-state index contributed by atoms with van der Waals surface area (Å²) in [6.07, 6.45) is 1.63. The average molecular weight is 238 g/mol. The van der Waals surface area contributed by atoms with Gasteiger partial charge in [0, 0.05) is 10.6 Å². The van der Waals surface area contributed by atoms with Crippen LogP contribution in [0.1, 0.15) is 17.2 Å². The fraction of sp³-hybridized carbons (Fsp3) is 0.100. The third-order valence-electron chi connectivity index (χ3n) is 2.39. The lowest BCUT2D eigenvalue weighted by Crippen LogP contribution is -2.29. The zero-order valence-corrected chi connectivity index (χ0v) is 9.20. The normalized spacial score (nSPS) is 12.6. The minimum Gasteiger partial charge on any atom is -0.384 e. The summed E-state index contributed by atoms with van der Waals surface area (Å²) in [5.41, 5.74) is 10.1. The number of hydrazine groups is 1. The highest BCUT2D eigenvalue weighted by atomic mass is 35.5. The number of aromatic nitrogens is 2. The lowest BCUT2D eigenvalue weighted by atomic mass is 10.0. The molecule has 6 N–H and O–H groups in total. The number of rotatable bonds is 3. The lowest BCUT2D eigenvalue weighted by molar-refractivity contribution is 0.639. The van der Waals surface area contributed by atoms with Crippen LogP contribution in [0.15, 0.2) is 30.5 Å². The summed E-state index contributed by atoms with van der Waals surface area (Å²) in [7, 11) is 0. The Morgan fingerprint density at radius 3 is 2.62 bits per heavy atom. The topological polar surface area (TPSA) is 92.7 Å². The third-order valence-corrected chi connectivity index (χ3v) is 2.74. The van der Waals surface area contributed by atoms with Crippen molar-refractivity contribution >= 4 is 17.4 Å². The summed E-state index contributed by atoms with van der Waals surface area (Å²) >= 11 is 6.10. The molecule has 0 amide bonds. The number of nitrogens with one attached hydrogen (secondary N) is 2. The molecule has 2 aromatic rings. The maximum absolute atomic E-state index is 6.10. The van der Waals surface area contributed by atoms with Crippen LogP contribution in [0.2, 0.25) is 5.02 Å². The maximum Gasteiger partial charge on any atom is 0.124 e. The fourth-order valence-electron chi connectivity index (χ4n) is 1.59. The molecule has 1 aromatic heterocycles. The van der Waals surface area contributed by atoms with Crippen LogP contribution in [0.4, 0.5) is 5.82 Å². The molecule has 1 aromatic carbocycles. The summed E-state index contributed by atoms with van der Waals surface area (Å²) in [5.74, 6) is 6.00. The highest BCUT2D eigenvalue weighted by Gasteiger charge is 2.18. The number of nitrogens with zero attached hydrogens (tertiary/aromatic N) is 1. The van der Waals surface area contributed by atoms with E-state index in [9.17, 15) is 0 Å². The van der Waals surface area contributed by atoms with E-state index in [0.717, 1.165) is 11.1 Å². The first-order valence-corrected chi connectivity index (χ1v) is 5.11. The molecule has 0 aliphatic carbocycles. The van der Waals surface area contributed by atoms with Gasteiger partial charge in [-0.3, -0.25) is 10.9 Å². The van der Waals surface area contributed by atoms with Crippen LogP contribution in [-0.2, 0) is 0 Å². The second kappa shape index (κ2) is 4.52. The van der Waals surface area contributed by atoms with Crippen molar-refractivity contribution in [3.8, 4) is 0 Å². The number of H-pyrrole nitrogens is 1. The van der Waals surface area contributed by atoms with Gasteiger partial charge in [-0.15, -0.1) is 0 Å². The van der Waals surface area contributed by atoms with Crippen LogP contribution in [0.25, 0.3) is 0 Å². The number of nitrogen functional groups attached to an aromatic ring is 1. The molecule has 0 radical (unpaired) electrons. The second-order valence-corrected chi connectivity index (χ2v) is 3.77. The predicted octanol–water partition coefficient (Wildman–Crippen LogP) is 1.20. The minimum absolute atomic E-state index is 0.271. The van der Waals surface area contributed by atoms with E-state index in [1.54, 1.807) is 12.3 Å². The van der Waals surface area contributed by atoms with Crippen molar-refractivity contribution in [3.05, 3.63) is 46.6 Å². The van der Waals surface area contributed by atoms with E-state index in [1.807, 2.05) is 18.2 Å². The number of halogens is 1. The Balaban J connectivity index is 2.45. The Kier molecular flexibility index (Phi) is 3.09. The van der Waals surface area contributed by atoms with E-state index in [1.165, 1.54) is 0 Å². The van der Waals surface area contributed by atoms with Crippen molar-refractivity contribution in [2.45, 2.75) is 6.04 Å². The highest BCUT2D eigenvalue weighted by Crippen LogP contribution is 2.29. The molecule has 2 rings (SSSR count). The Bertz CT molecular complexity index is 482. The largest absolute Gasteiger partial charge is 0.384 e. The Morgan fingerprint density at radius 2 is 2.06 bits per heavy atom. The first-order valence-electron chi connectivity index (χ1n) is 4.73. The molecule has 5 nitrogen and oxygen atoms in total. The van der Waals surface area contributed by atoms with Crippen LogP contribution in [0.3, 0.4) is 0 Å². The quantitative estimate of drug-likeness (QED) is 0.477. The molecule has 0 saturated heterocycles. The number of hydrogen-bond acceptors (Lipinski definition) is 4. The second-order valence-electron chi connectivity index (χ2n) is 3.36. The standard InChI is InChI=1S/C10H12ClN5/c11-8-4-2-1-3-6(8)9(15-13)7-5-14-16-10(7)12/h1-5,9,15H,13H2,(H3,12,14,16). The summed E-state index contributed by atoms with van der Waals surface area (Å²) in [6, 6.07) is 7.17. The van der Waals surface area contributed by atoms with Crippen LogP contribution in [-0.4, -0.2) is 10.2 Å². The first-order chi connectivity index (χ1) is 7.74. The molecule has 16 heavy (non-hydrogen) atoms. The van der Waals surface area contributed by atoms with Crippen molar-refractivity contribution < 1.29 is 0 Å². The lowest BCUT2D eigenvalue weighted by Gasteiger charge is -2.16. The molecule has 1 unspecified atom stereocenters. The zero-order chi connectivity index (χ0) is 11.5. The van der Waals surface area contributed by atoms with Gasteiger partial charge in [-0.25, -0.2) is 5.43 Å². The van der Waals surface area contributed by atoms with Crippen LogP contribution in [0, 0.1) is 0 Å². The van der Waals surface area contributed by atoms with Crippen LogP contribution in [0.5, 0.6) is 0 Å². The molecule has 0 spiro atoms. The van der Waals surface area contributed by atoms with Crippen molar-refractivity contribution in [1.29, 1.82) is 0 Å². The van der Waals surface area contributed by atoms with Gasteiger partial charge in [0.2, 0.25) is 0 Å². The summed E-state index contributed by atoms with van der Waals surface area (Å²) in [6.45, 7) is 0. The van der Waals surface area contributed by atoms with E-state index in [2.05, 4.69) is 15.6 Å². The fourth-order valence-corrected chi connectivity index (χ4v) is 1.84. The summed E-state index contributed by atoms with van der Waals surface area (Å²) in [4.78, 5) is 0. The molecule has 84 valence electrons. The summed E-state index contributed by atoms with van der Waals surface area (Å²) in [5, 5.41) is 7.15. The van der Waals surface area contributed by atoms with Crippen molar-refractivity contribution in [2.24, 2.45) is 5.84 Å². The molecule has 1 heterocycles. The van der Waals surface area contributed by atoms with E-state index < -0.39 is 0 Å². The Hall–Kier alpha value is -1.56. The van der Waals surface area contributed by atoms with Crippen LogP contribution >= 0.6 is 11.6 Å². The third kappa shape index (κ3) is 1.88. The molecule has 0 saturated carbocycles. The maximum atomic E-state index is 6.10. The van der Waals surface area contributed by atoms with E-state index in [0.29, 0.717) is 10.8 Å².